The van der Waals surface area contributed by atoms with Crippen molar-refractivity contribution in [2.24, 2.45) is 0 Å². The number of aliphatic hydroxyl groups is 1. The van der Waals surface area contributed by atoms with Crippen molar-refractivity contribution in [2.45, 2.75) is 13.8 Å². The molecule has 0 fully saturated rings. The predicted molar refractivity (Wildman–Crippen MR) is 128 cm³/mol. The predicted octanol–water partition coefficient (Wildman–Crippen LogP) is 7.04. The Bertz CT molecular complexity index is 1440. The van der Waals surface area contributed by atoms with Crippen molar-refractivity contribution in [1.29, 1.82) is 0 Å². The molecular formula is C28H22IrNO2-. The molecule has 4 heteroatoms. The number of pyridine rings is 1. The summed E-state index contributed by atoms with van der Waals surface area (Å²) in [6.07, 6.45) is 1.17. The van der Waals surface area contributed by atoms with Gasteiger partial charge in [0.2, 0.25) is 0 Å². The van der Waals surface area contributed by atoms with Crippen LogP contribution in [0.4, 0.5) is 0 Å². The van der Waals surface area contributed by atoms with Crippen molar-refractivity contribution in [2.75, 3.05) is 0 Å². The number of carbonyl (C=O) groups is 1. The zero-order valence-corrected chi connectivity index (χ0v) is 20.2. The third kappa shape index (κ3) is 5.11. The number of nitrogens with zero attached hydrogens (tertiary/aromatic N) is 1. The topological polar surface area (TPSA) is 50.2 Å². The van der Waals surface area contributed by atoms with Gasteiger partial charge >= 0.3 is 0 Å². The van der Waals surface area contributed by atoms with Gasteiger partial charge in [-0.05, 0) is 25.3 Å². The van der Waals surface area contributed by atoms with Crippen LogP contribution in [-0.4, -0.2) is 15.9 Å². The van der Waals surface area contributed by atoms with E-state index in [0.29, 0.717) is 0 Å². The Labute approximate surface area is 200 Å². The van der Waals surface area contributed by atoms with Gasteiger partial charge in [0.05, 0.1) is 11.3 Å². The van der Waals surface area contributed by atoms with Crippen molar-refractivity contribution in [3.8, 4) is 11.3 Å². The standard InChI is InChI=1S/C23H14N.C5H8O2.Ir/c1-3-9-18-17(8-1)15-21(20-11-5-4-10-19(18)20)23-14-13-16-7-2-6-12-22(16)24-23;1-4(6)3-5(2)7;/h1-14H;3,6H,1-2H3;/q-1;;/b;4-3-;. The number of carbonyl (C=O) groups excluding carboxylic acids is 1. The maximum atomic E-state index is 10.0. The van der Waals surface area contributed by atoms with Crippen LogP contribution in [0.1, 0.15) is 13.8 Å². The van der Waals surface area contributed by atoms with Gasteiger partial charge in [-0.2, -0.15) is 0 Å². The average molecular weight is 597 g/mol. The molecule has 0 bridgehead atoms. The monoisotopic (exact) mass is 597 g/mol. The Morgan fingerprint density at radius 3 is 2.12 bits per heavy atom. The molecule has 1 heterocycles. The number of hydrogen-bond donors (Lipinski definition) is 1. The van der Waals surface area contributed by atoms with Crippen molar-refractivity contribution < 1.29 is 30.0 Å². The number of benzene rings is 4. The van der Waals surface area contributed by atoms with Crippen LogP contribution in [0.3, 0.4) is 0 Å². The molecule has 32 heavy (non-hydrogen) atoms. The molecule has 161 valence electrons. The Balaban J connectivity index is 0.000000318. The fourth-order valence-electron chi connectivity index (χ4n) is 3.67. The summed E-state index contributed by atoms with van der Waals surface area (Å²) in [4.78, 5) is 14.9. The first-order valence-electron chi connectivity index (χ1n) is 10.1. The molecule has 0 saturated carbocycles. The summed E-state index contributed by atoms with van der Waals surface area (Å²) >= 11 is 0. The molecule has 0 aliphatic rings. The molecule has 0 aliphatic carbocycles. The van der Waals surface area contributed by atoms with Gasteiger partial charge in [-0.25, -0.2) is 0 Å². The minimum Gasteiger partial charge on any atom is -0.512 e. The molecule has 0 spiro atoms. The maximum absolute atomic E-state index is 10.0. The number of hydrogen-bond acceptors (Lipinski definition) is 3. The third-order valence-electron chi connectivity index (χ3n) is 4.94. The number of para-hydroxylation sites is 1. The van der Waals surface area contributed by atoms with E-state index in [1.165, 1.54) is 36.1 Å². The molecule has 0 aliphatic heterocycles. The van der Waals surface area contributed by atoms with E-state index < -0.39 is 0 Å². The number of rotatable bonds is 2. The fourth-order valence-corrected chi connectivity index (χ4v) is 3.67. The Morgan fingerprint density at radius 1 is 0.812 bits per heavy atom. The van der Waals surface area contributed by atoms with Crippen LogP contribution in [-0.2, 0) is 24.9 Å². The van der Waals surface area contributed by atoms with Crippen LogP contribution in [0.2, 0.25) is 0 Å². The minimum absolute atomic E-state index is 0. The molecule has 0 unspecified atom stereocenters. The number of aliphatic hydroxyl groups excluding tert-OH is 1. The minimum atomic E-state index is -0.125. The zero-order valence-electron chi connectivity index (χ0n) is 17.8. The summed E-state index contributed by atoms with van der Waals surface area (Å²) in [6.45, 7) is 2.85. The smallest absolute Gasteiger partial charge is 0.155 e. The second-order valence-corrected chi connectivity index (χ2v) is 7.38. The molecule has 1 radical (unpaired) electrons. The zero-order chi connectivity index (χ0) is 21.8. The molecule has 0 saturated heterocycles. The van der Waals surface area contributed by atoms with E-state index >= 15 is 0 Å². The van der Waals surface area contributed by atoms with Crippen molar-refractivity contribution in [1.82, 2.24) is 4.98 Å². The molecule has 3 nitrogen and oxygen atoms in total. The van der Waals surface area contributed by atoms with Gasteiger partial charge in [-0.3, -0.25) is 9.78 Å². The molecule has 5 rings (SSSR count). The first-order valence-corrected chi connectivity index (χ1v) is 10.1. The second-order valence-electron chi connectivity index (χ2n) is 7.38. The van der Waals surface area contributed by atoms with E-state index in [2.05, 4.69) is 78.9 Å². The van der Waals surface area contributed by atoms with Crippen LogP contribution in [0.25, 0.3) is 43.7 Å². The van der Waals surface area contributed by atoms with Crippen LogP contribution < -0.4 is 0 Å². The third-order valence-corrected chi connectivity index (χ3v) is 4.94. The van der Waals surface area contributed by atoms with Gasteiger partial charge < -0.3 is 5.11 Å². The normalized spacial score (nSPS) is 11.0. The number of fused-ring (bicyclic) bond motifs is 4. The Hall–Kier alpha value is -3.33. The molecule has 0 atom stereocenters. The van der Waals surface area contributed by atoms with Crippen molar-refractivity contribution in [3.63, 3.8) is 0 Å². The van der Waals surface area contributed by atoms with Gasteiger partial charge in [0, 0.05) is 31.9 Å². The molecule has 5 aromatic rings. The summed E-state index contributed by atoms with van der Waals surface area (Å²) in [5.41, 5.74) is 3.05. The molecule has 1 aromatic heterocycles. The van der Waals surface area contributed by atoms with E-state index in [1.54, 1.807) is 0 Å². The van der Waals surface area contributed by atoms with Gasteiger partial charge in [-0.1, -0.05) is 94.5 Å². The molecular weight excluding hydrogens is 575 g/mol. The fraction of sp³-hybridized carbons (Fsp3) is 0.0714. The van der Waals surface area contributed by atoms with Crippen LogP contribution >= 0.6 is 0 Å². The van der Waals surface area contributed by atoms with Crippen LogP contribution in [0, 0.1) is 6.07 Å². The average Bonchev–Trinajstić information content (AvgIpc) is 2.78. The number of ketones is 1. The Morgan fingerprint density at radius 2 is 1.44 bits per heavy atom. The van der Waals surface area contributed by atoms with E-state index in [-0.39, 0.29) is 31.6 Å². The van der Waals surface area contributed by atoms with Gasteiger partial charge in [0.25, 0.3) is 0 Å². The summed E-state index contributed by atoms with van der Waals surface area (Å²) < 4.78 is 0. The molecule has 1 N–H and O–H groups in total. The van der Waals surface area contributed by atoms with E-state index in [0.717, 1.165) is 27.5 Å². The number of aromatic nitrogens is 1. The first-order chi connectivity index (χ1) is 15.0. The van der Waals surface area contributed by atoms with Gasteiger partial charge in [0.15, 0.2) is 5.78 Å². The summed E-state index contributed by atoms with van der Waals surface area (Å²) in [7, 11) is 0. The second kappa shape index (κ2) is 10.3. The summed E-state index contributed by atoms with van der Waals surface area (Å²) in [5, 5.41) is 14.3. The number of allylic oxidation sites excluding steroid dienone is 2. The van der Waals surface area contributed by atoms with E-state index in [1.807, 2.05) is 12.1 Å². The molecule has 4 aromatic carbocycles. The Kier molecular flexibility index (Phi) is 7.53. The van der Waals surface area contributed by atoms with Gasteiger partial charge in [-0.15, -0.1) is 17.5 Å². The largest absolute Gasteiger partial charge is 0.512 e. The van der Waals surface area contributed by atoms with E-state index in [4.69, 9.17) is 10.1 Å². The SMILES string of the molecule is CC(=O)/C=C(/C)O.[Ir].[c-]1c(-c2ccc3ccccc3n2)c2ccccc2c2ccccc12. The maximum Gasteiger partial charge on any atom is 0.155 e. The summed E-state index contributed by atoms with van der Waals surface area (Å²) in [6, 6.07) is 33.0. The quantitative estimate of drug-likeness (QED) is 0.103. The summed E-state index contributed by atoms with van der Waals surface area (Å²) in [5.74, 6) is -0.0625. The van der Waals surface area contributed by atoms with Crippen LogP contribution in [0.15, 0.2) is 96.8 Å². The molecule has 0 amide bonds. The van der Waals surface area contributed by atoms with Crippen LogP contribution in [0.5, 0.6) is 0 Å². The first kappa shape index (κ1) is 23.3. The van der Waals surface area contributed by atoms with Crippen molar-refractivity contribution in [3.05, 3.63) is 103 Å². The van der Waals surface area contributed by atoms with E-state index in [9.17, 15) is 4.79 Å². The van der Waals surface area contributed by atoms with Crippen molar-refractivity contribution >= 4 is 38.2 Å². The van der Waals surface area contributed by atoms with Gasteiger partial charge in [0.1, 0.15) is 0 Å².